The van der Waals surface area contributed by atoms with Crippen molar-refractivity contribution in [3.63, 3.8) is 0 Å². The van der Waals surface area contributed by atoms with Crippen LogP contribution < -0.4 is 4.74 Å². The van der Waals surface area contributed by atoms with Gasteiger partial charge >= 0.3 is 12.2 Å². The Balaban J connectivity index is 1.36. The number of hydrogen-bond donors (Lipinski definition) is 0. The zero-order valence-corrected chi connectivity index (χ0v) is 20.2. The van der Waals surface area contributed by atoms with Crippen molar-refractivity contribution < 1.29 is 23.9 Å². The highest BCUT2D eigenvalue weighted by Crippen LogP contribution is 2.38. The van der Waals surface area contributed by atoms with Gasteiger partial charge in [0.15, 0.2) is 0 Å². The van der Waals surface area contributed by atoms with Crippen LogP contribution in [0.5, 0.6) is 5.75 Å². The number of fused-ring (bicyclic) bond motifs is 1. The molecule has 3 aromatic carbocycles. The first kappa shape index (κ1) is 23.4. The second kappa shape index (κ2) is 9.82. The molecular formula is C30H23N3O5. The van der Waals surface area contributed by atoms with Crippen molar-refractivity contribution in [3.05, 3.63) is 114 Å². The molecule has 4 aromatic rings. The molecule has 3 heterocycles. The van der Waals surface area contributed by atoms with Gasteiger partial charge in [-0.3, -0.25) is 14.7 Å². The molecule has 0 spiro atoms. The standard InChI is InChI=1S/C30H23N3O5/c34-28-27(32-26(19-37-29(32)35)21-9-3-1-4-10-21)25(33(28)30(36)38-22-11-5-2-6-12-22)16-15-20-17-18-31-24-14-8-7-13-23(20)24/h1-18,25-27H,19H2/b16-15+/t25-,26?,27-/m1/s1. The van der Waals surface area contributed by atoms with Crippen molar-refractivity contribution in [2.24, 2.45) is 0 Å². The van der Waals surface area contributed by atoms with E-state index in [0.29, 0.717) is 5.75 Å². The number of nitrogens with zero attached hydrogens (tertiary/aromatic N) is 3. The summed E-state index contributed by atoms with van der Waals surface area (Å²) in [5.41, 5.74) is 2.54. The maximum atomic E-state index is 13.5. The number of benzene rings is 3. The van der Waals surface area contributed by atoms with E-state index in [1.54, 1.807) is 42.6 Å². The summed E-state index contributed by atoms with van der Waals surface area (Å²) in [6, 6.07) is 25.4. The molecule has 0 N–H and O–H groups in total. The molecular weight excluding hydrogens is 482 g/mol. The van der Waals surface area contributed by atoms with E-state index in [-0.39, 0.29) is 6.61 Å². The summed E-state index contributed by atoms with van der Waals surface area (Å²) in [7, 11) is 0. The molecule has 188 valence electrons. The van der Waals surface area contributed by atoms with E-state index in [9.17, 15) is 14.4 Å². The smallest absolute Gasteiger partial charge is 0.422 e. The van der Waals surface area contributed by atoms with Gasteiger partial charge in [0, 0.05) is 11.6 Å². The third-order valence-corrected chi connectivity index (χ3v) is 6.81. The number of likely N-dealkylation sites (tertiary alicyclic amines) is 1. The van der Waals surface area contributed by atoms with Gasteiger partial charge in [0.05, 0.1) is 17.6 Å². The highest BCUT2D eigenvalue weighted by Gasteiger charge is 2.58. The topological polar surface area (TPSA) is 89.0 Å². The normalized spacial score (nSPS) is 21.0. The Hall–Kier alpha value is -4.98. The Morgan fingerprint density at radius 1 is 0.921 bits per heavy atom. The molecule has 0 saturated carbocycles. The summed E-state index contributed by atoms with van der Waals surface area (Å²) in [4.78, 5) is 46.4. The van der Waals surface area contributed by atoms with Crippen LogP contribution in [0.25, 0.3) is 17.0 Å². The van der Waals surface area contributed by atoms with E-state index in [1.165, 1.54) is 4.90 Å². The van der Waals surface area contributed by atoms with Crippen LogP contribution >= 0.6 is 0 Å². The number of carbonyl (C=O) groups is 3. The molecule has 8 nitrogen and oxygen atoms in total. The van der Waals surface area contributed by atoms with Gasteiger partial charge < -0.3 is 9.47 Å². The third kappa shape index (κ3) is 4.16. The second-order valence-electron chi connectivity index (χ2n) is 9.01. The molecule has 1 aromatic heterocycles. The fourth-order valence-corrected chi connectivity index (χ4v) is 4.96. The first-order chi connectivity index (χ1) is 18.6. The lowest BCUT2D eigenvalue weighted by molar-refractivity contribution is -0.150. The van der Waals surface area contributed by atoms with Gasteiger partial charge in [-0.1, -0.05) is 78.9 Å². The van der Waals surface area contributed by atoms with Crippen LogP contribution in [0.3, 0.4) is 0 Å². The van der Waals surface area contributed by atoms with Crippen LogP contribution in [0.15, 0.2) is 103 Å². The number of aromatic nitrogens is 1. The minimum absolute atomic E-state index is 0.118. The molecule has 38 heavy (non-hydrogen) atoms. The number of amides is 3. The van der Waals surface area contributed by atoms with E-state index in [1.807, 2.05) is 66.7 Å². The van der Waals surface area contributed by atoms with Crippen molar-refractivity contribution >= 4 is 35.1 Å². The minimum Gasteiger partial charge on any atom is -0.447 e. The van der Waals surface area contributed by atoms with Crippen molar-refractivity contribution in [1.82, 2.24) is 14.8 Å². The van der Waals surface area contributed by atoms with Gasteiger partial charge in [0.25, 0.3) is 5.91 Å². The Labute approximate surface area is 218 Å². The molecule has 2 aliphatic heterocycles. The van der Waals surface area contributed by atoms with Gasteiger partial charge in [0.1, 0.15) is 18.4 Å². The highest BCUT2D eigenvalue weighted by atomic mass is 16.6. The van der Waals surface area contributed by atoms with Crippen LogP contribution in [-0.4, -0.2) is 51.6 Å². The predicted octanol–water partition coefficient (Wildman–Crippen LogP) is 5.22. The van der Waals surface area contributed by atoms with Gasteiger partial charge in [-0.15, -0.1) is 0 Å². The minimum atomic E-state index is -0.928. The summed E-state index contributed by atoms with van der Waals surface area (Å²) in [6.45, 7) is 0.118. The first-order valence-corrected chi connectivity index (χ1v) is 12.2. The number of carbonyl (C=O) groups excluding carboxylic acids is 3. The van der Waals surface area contributed by atoms with Crippen molar-refractivity contribution in [2.45, 2.75) is 18.1 Å². The lowest BCUT2D eigenvalue weighted by Crippen LogP contribution is -2.72. The fraction of sp³-hybridized carbons (Fsp3) is 0.133. The van der Waals surface area contributed by atoms with Crippen LogP contribution in [-0.2, 0) is 9.53 Å². The lowest BCUT2D eigenvalue weighted by atomic mass is 9.90. The molecule has 2 aliphatic rings. The molecule has 3 amide bonds. The summed E-state index contributed by atoms with van der Waals surface area (Å²) >= 11 is 0. The number of hydrogen-bond acceptors (Lipinski definition) is 6. The van der Waals surface area contributed by atoms with Gasteiger partial charge in [-0.2, -0.15) is 0 Å². The third-order valence-electron chi connectivity index (χ3n) is 6.81. The lowest BCUT2D eigenvalue weighted by Gasteiger charge is -2.47. The van der Waals surface area contributed by atoms with E-state index >= 15 is 0 Å². The highest BCUT2D eigenvalue weighted by molar-refractivity contribution is 6.04. The summed E-state index contributed by atoms with van der Waals surface area (Å²) in [5, 5.41) is 0.926. The zero-order valence-electron chi connectivity index (χ0n) is 20.2. The van der Waals surface area contributed by atoms with Gasteiger partial charge in [-0.25, -0.2) is 14.5 Å². The van der Waals surface area contributed by atoms with Crippen LogP contribution in [0.2, 0.25) is 0 Å². The summed E-state index contributed by atoms with van der Waals surface area (Å²) < 4.78 is 10.8. The van der Waals surface area contributed by atoms with Crippen LogP contribution in [0.1, 0.15) is 17.2 Å². The van der Waals surface area contributed by atoms with Gasteiger partial charge in [-0.05, 0) is 35.4 Å². The van der Waals surface area contributed by atoms with Gasteiger partial charge in [0.2, 0.25) is 0 Å². The molecule has 0 aliphatic carbocycles. The molecule has 0 bridgehead atoms. The summed E-state index contributed by atoms with van der Waals surface area (Å²) in [6.07, 6.45) is 3.90. The average Bonchev–Trinajstić information content (AvgIpc) is 3.32. The average molecular weight is 506 g/mol. The van der Waals surface area contributed by atoms with Crippen LogP contribution in [0, 0.1) is 0 Å². The number of pyridine rings is 1. The van der Waals surface area contributed by atoms with E-state index < -0.39 is 36.2 Å². The molecule has 2 fully saturated rings. The van der Waals surface area contributed by atoms with Crippen molar-refractivity contribution in [1.29, 1.82) is 0 Å². The van der Waals surface area contributed by atoms with Crippen molar-refractivity contribution in [2.75, 3.05) is 6.61 Å². The number of ether oxygens (including phenoxy) is 2. The Kier molecular flexibility index (Phi) is 6.05. The molecule has 8 heteroatoms. The molecule has 2 saturated heterocycles. The number of β-lactam (4-membered cyclic amide) rings is 1. The monoisotopic (exact) mass is 505 g/mol. The molecule has 0 radical (unpaired) electrons. The maximum absolute atomic E-state index is 13.5. The van der Waals surface area contributed by atoms with E-state index in [4.69, 9.17) is 9.47 Å². The molecule has 6 rings (SSSR count). The number of rotatable bonds is 5. The fourth-order valence-electron chi connectivity index (χ4n) is 4.96. The number of para-hydroxylation sites is 2. The predicted molar refractivity (Wildman–Crippen MR) is 140 cm³/mol. The van der Waals surface area contributed by atoms with E-state index in [0.717, 1.165) is 26.9 Å². The Morgan fingerprint density at radius 3 is 2.42 bits per heavy atom. The Morgan fingerprint density at radius 2 is 1.63 bits per heavy atom. The maximum Gasteiger partial charge on any atom is 0.422 e. The van der Waals surface area contributed by atoms with Crippen molar-refractivity contribution in [3.8, 4) is 5.75 Å². The largest absolute Gasteiger partial charge is 0.447 e. The zero-order chi connectivity index (χ0) is 26.1. The quantitative estimate of drug-likeness (QED) is 0.346. The number of cyclic esters (lactones) is 1. The second-order valence-corrected chi connectivity index (χ2v) is 9.01. The molecule has 3 atom stereocenters. The van der Waals surface area contributed by atoms with Crippen LogP contribution in [0.4, 0.5) is 9.59 Å². The molecule has 1 unspecified atom stereocenters. The Bertz CT molecular complexity index is 1530. The number of imide groups is 1. The summed E-state index contributed by atoms with van der Waals surface area (Å²) in [5.74, 6) is -0.209. The SMILES string of the molecule is O=C(Oc1ccccc1)N1C(=O)[C@H](N2C(=O)OCC2c2ccccc2)[C@H]1/C=C/c1ccnc2ccccc12. The van der Waals surface area contributed by atoms with E-state index in [2.05, 4.69) is 4.98 Å². The first-order valence-electron chi connectivity index (χ1n) is 12.2.